The van der Waals surface area contributed by atoms with E-state index in [9.17, 15) is 0 Å². The van der Waals surface area contributed by atoms with Gasteiger partial charge in [0.2, 0.25) is 0 Å². The van der Waals surface area contributed by atoms with Gasteiger partial charge < -0.3 is 0 Å². The van der Waals surface area contributed by atoms with Crippen molar-refractivity contribution in [1.29, 1.82) is 0 Å². The molecule has 0 N–H and O–H groups in total. The highest BCUT2D eigenvalue weighted by Crippen LogP contribution is 2.17. The van der Waals surface area contributed by atoms with Crippen molar-refractivity contribution in [3.05, 3.63) is 41.5 Å². The molecule has 0 spiro atoms. The Labute approximate surface area is 89.8 Å². The van der Waals surface area contributed by atoms with Crippen LogP contribution in [0.4, 0.5) is 0 Å². The third kappa shape index (κ3) is 1.65. The predicted octanol–water partition coefficient (Wildman–Crippen LogP) is 2.45. The lowest BCUT2D eigenvalue weighted by atomic mass is 10.1. The Balaban J connectivity index is 2.55. The van der Waals surface area contributed by atoms with Gasteiger partial charge in [-0.1, -0.05) is 6.92 Å². The van der Waals surface area contributed by atoms with E-state index < -0.39 is 0 Å². The zero-order valence-corrected chi connectivity index (χ0v) is 9.36. The average molecular weight is 201 g/mol. The summed E-state index contributed by atoms with van der Waals surface area (Å²) in [5.41, 5.74) is 4.75. The van der Waals surface area contributed by atoms with Crippen molar-refractivity contribution in [1.82, 2.24) is 14.8 Å². The highest BCUT2D eigenvalue weighted by molar-refractivity contribution is 5.35. The molecule has 0 unspecified atom stereocenters. The average Bonchev–Trinajstić information content (AvgIpc) is 2.55. The van der Waals surface area contributed by atoms with Gasteiger partial charge in [-0.05, 0) is 38.0 Å². The maximum absolute atomic E-state index is 4.54. The van der Waals surface area contributed by atoms with Gasteiger partial charge in [0.1, 0.15) is 0 Å². The molecule has 0 saturated carbocycles. The molecule has 0 aliphatic heterocycles. The lowest BCUT2D eigenvalue weighted by Gasteiger charge is -2.03. The summed E-state index contributed by atoms with van der Waals surface area (Å²) in [5, 5.41) is 4.54. The Morgan fingerprint density at radius 1 is 1.20 bits per heavy atom. The molecule has 0 aliphatic rings. The standard InChI is InChI=1S/C12H15N3/c1-4-12-9(2)14-15(10(12)3)11-5-7-13-8-6-11/h5-8H,4H2,1-3H3. The number of hydrogen-bond acceptors (Lipinski definition) is 2. The van der Waals surface area contributed by atoms with Gasteiger partial charge in [-0.15, -0.1) is 0 Å². The molecule has 3 heteroatoms. The van der Waals surface area contributed by atoms with Gasteiger partial charge in [-0.2, -0.15) is 5.10 Å². The Bertz CT molecular complexity index is 457. The molecule has 0 bridgehead atoms. The molecule has 0 aromatic carbocycles. The van der Waals surface area contributed by atoms with Crippen LogP contribution in [0.3, 0.4) is 0 Å². The molecule has 0 fully saturated rings. The van der Waals surface area contributed by atoms with Crippen molar-refractivity contribution in [2.45, 2.75) is 27.2 Å². The Hall–Kier alpha value is -1.64. The van der Waals surface area contributed by atoms with E-state index in [-0.39, 0.29) is 0 Å². The first-order chi connectivity index (χ1) is 7.24. The van der Waals surface area contributed by atoms with Crippen molar-refractivity contribution in [2.75, 3.05) is 0 Å². The van der Waals surface area contributed by atoms with Gasteiger partial charge >= 0.3 is 0 Å². The van der Waals surface area contributed by atoms with E-state index in [0.29, 0.717) is 0 Å². The number of rotatable bonds is 2. The van der Waals surface area contributed by atoms with Crippen LogP contribution >= 0.6 is 0 Å². The molecule has 78 valence electrons. The molecule has 3 nitrogen and oxygen atoms in total. The molecule has 0 saturated heterocycles. The van der Waals surface area contributed by atoms with E-state index in [1.807, 2.05) is 16.8 Å². The second-order valence-corrected chi connectivity index (χ2v) is 3.62. The maximum atomic E-state index is 4.54. The van der Waals surface area contributed by atoms with Crippen molar-refractivity contribution >= 4 is 0 Å². The molecule has 0 amide bonds. The zero-order valence-electron chi connectivity index (χ0n) is 9.36. The Kier molecular flexibility index (Phi) is 2.54. The monoisotopic (exact) mass is 201 g/mol. The third-order valence-electron chi connectivity index (χ3n) is 2.70. The Morgan fingerprint density at radius 3 is 2.40 bits per heavy atom. The van der Waals surface area contributed by atoms with Gasteiger partial charge in [0.25, 0.3) is 0 Å². The topological polar surface area (TPSA) is 30.7 Å². The molecule has 2 aromatic heterocycles. The molecule has 2 rings (SSSR count). The first-order valence-electron chi connectivity index (χ1n) is 5.19. The van der Waals surface area contributed by atoms with Crippen LogP contribution in [-0.4, -0.2) is 14.8 Å². The zero-order chi connectivity index (χ0) is 10.8. The number of pyridine rings is 1. The summed E-state index contributed by atoms with van der Waals surface area (Å²) in [6.45, 7) is 6.33. The second-order valence-electron chi connectivity index (χ2n) is 3.62. The van der Waals surface area contributed by atoms with Crippen molar-refractivity contribution < 1.29 is 0 Å². The third-order valence-corrected chi connectivity index (χ3v) is 2.70. The fourth-order valence-electron chi connectivity index (χ4n) is 1.92. The summed E-state index contributed by atoms with van der Waals surface area (Å²) >= 11 is 0. The van der Waals surface area contributed by atoms with Crippen LogP contribution < -0.4 is 0 Å². The fraction of sp³-hybridized carbons (Fsp3) is 0.333. The van der Waals surface area contributed by atoms with Gasteiger partial charge in [-0.3, -0.25) is 4.98 Å². The van der Waals surface area contributed by atoms with E-state index in [1.54, 1.807) is 12.4 Å². The second kappa shape index (κ2) is 3.85. The molecule has 0 atom stereocenters. The minimum atomic E-state index is 1.03. The summed E-state index contributed by atoms with van der Waals surface area (Å²) in [6, 6.07) is 3.94. The summed E-state index contributed by atoms with van der Waals surface area (Å²) in [6.07, 6.45) is 4.61. The van der Waals surface area contributed by atoms with Crippen LogP contribution in [0, 0.1) is 13.8 Å². The minimum absolute atomic E-state index is 1.03. The van der Waals surface area contributed by atoms with Gasteiger partial charge in [-0.25, -0.2) is 4.68 Å². The largest absolute Gasteiger partial charge is 0.265 e. The number of nitrogens with zero attached hydrogens (tertiary/aromatic N) is 3. The fourth-order valence-corrected chi connectivity index (χ4v) is 1.92. The lowest BCUT2D eigenvalue weighted by Crippen LogP contribution is -1.99. The molecular weight excluding hydrogens is 186 g/mol. The highest BCUT2D eigenvalue weighted by Gasteiger charge is 2.10. The van der Waals surface area contributed by atoms with Crippen molar-refractivity contribution in [2.24, 2.45) is 0 Å². The van der Waals surface area contributed by atoms with Gasteiger partial charge in [0.05, 0.1) is 11.4 Å². The molecule has 15 heavy (non-hydrogen) atoms. The summed E-state index contributed by atoms with van der Waals surface area (Å²) < 4.78 is 1.98. The van der Waals surface area contributed by atoms with E-state index in [1.165, 1.54) is 11.3 Å². The normalized spacial score (nSPS) is 10.6. The van der Waals surface area contributed by atoms with E-state index in [4.69, 9.17) is 0 Å². The van der Waals surface area contributed by atoms with E-state index >= 15 is 0 Å². The predicted molar refractivity (Wildman–Crippen MR) is 60.2 cm³/mol. The number of aromatic nitrogens is 3. The molecular formula is C12H15N3. The summed E-state index contributed by atoms with van der Waals surface area (Å²) in [5.74, 6) is 0. The van der Waals surface area contributed by atoms with E-state index in [2.05, 4.69) is 30.9 Å². The first kappa shape index (κ1) is 9.90. The maximum Gasteiger partial charge on any atom is 0.0679 e. The number of hydrogen-bond donors (Lipinski definition) is 0. The Morgan fingerprint density at radius 2 is 1.87 bits per heavy atom. The highest BCUT2D eigenvalue weighted by atomic mass is 15.3. The first-order valence-corrected chi connectivity index (χ1v) is 5.19. The van der Waals surface area contributed by atoms with Crippen molar-refractivity contribution in [3.8, 4) is 5.69 Å². The minimum Gasteiger partial charge on any atom is -0.265 e. The molecule has 2 aromatic rings. The van der Waals surface area contributed by atoms with E-state index in [0.717, 1.165) is 17.8 Å². The number of aryl methyl sites for hydroxylation is 1. The smallest absolute Gasteiger partial charge is 0.0679 e. The van der Waals surface area contributed by atoms with Crippen LogP contribution in [0.2, 0.25) is 0 Å². The van der Waals surface area contributed by atoms with Crippen LogP contribution in [-0.2, 0) is 6.42 Å². The van der Waals surface area contributed by atoms with Crippen LogP contribution in [0.1, 0.15) is 23.9 Å². The van der Waals surface area contributed by atoms with Gasteiger partial charge in [0, 0.05) is 18.1 Å². The van der Waals surface area contributed by atoms with Crippen LogP contribution in [0.25, 0.3) is 5.69 Å². The van der Waals surface area contributed by atoms with Gasteiger partial charge in [0.15, 0.2) is 0 Å². The van der Waals surface area contributed by atoms with Crippen molar-refractivity contribution in [3.63, 3.8) is 0 Å². The molecule has 0 radical (unpaired) electrons. The summed E-state index contributed by atoms with van der Waals surface area (Å²) in [7, 11) is 0. The quantitative estimate of drug-likeness (QED) is 0.747. The molecule has 2 heterocycles. The molecule has 0 aliphatic carbocycles. The lowest BCUT2D eigenvalue weighted by molar-refractivity contribution is 0.830. The SMILES string of the molecule is CCc1c(C)nn(-c2ccncc2)c1C. The van der Waals surface area contributed by atoms with Crippen LogP contribution in [0.15, 0.2) is 24.5 Å². The summed E-state index contributed by atoms with van der Waals surface area (Å²) in [4.78, 5) is 4.01. The van der Waals surface area contributed by atoms with Crippen LogP contribution in [0.5, 0.6) is 0 Å².